The van der Waals surface area contributed by atoms with E-state index in [1.54, 1.807) is 30.3 Å². The van der Waals surface area contributed by atoms with E-state index in [4.69, 9.17) is 9.47 Å². The van der Waals surface area contributed by atoms with Gasteiger partial charge in [0.1, 0.15) is 11.5 Å². The highest BCUT2D eigenvalue weighted by atomic mass is 32.2. The summed E-state index contributed by atoms with van der Waals surface area (Å²) in [5.41, 5.74) is 0.270. The lowest BCUT2D eigenvalue weighted by Crippen LogP contribution is -2.35. The van der Waals surface area contributed by atoms with Crippen molar-refractivity contribution in [2.75, 3.05) is 18.4 Å². The summed E-state index contributed by atoms with van der Waals surface area (Å²) < 4.78 is 39.9. The minimum absolute atomic E-state index is 0.118. The van der Waals surface area contributed by atoms with Crippen LogP contribution in [0.3, 0.4) is 0 Å². The number of nitrogens with one attached hydrogen (secondary N) is 1. The van der Waals surface area contributed by atoms with Crippen LogP contribution in [0.15, 0.2) is 83.8 Å². The number of sulfonamides is 1. The number of amides is 1. The Hall–Kier alpha value is -3.36. The first kappa shape index (κ1) is 24.8. The van der Waals surface area contributed by atoms with Gasteiger partial charge in [-0.1, -0.05) is 49.7 Å². The maximum Gasteiger partial charge on any atom is 0.265 e. The second-order valence-corrected chi connectivity index (χ2v) is 10.3. The number of piperidine rings is 1. The number of hydrogen-bond acceptors (Lipinski definition) is 5. The van der Waals surface area contributed by atoms with Crippen molar-refractivity contribution >= 4 is 21.6 Å². The molecule has 0 aliphatic carbocycles. The fraction of sp³-hybridized carbons (Fsp3) is 0.296. The maximum atomic E-state index is 13.3. The number of ether oxygens (including phenoxy) is 2. The molecule has 184 valence electrons. The zero-order valence-corrected chi connectivity index (χ0v) is 20.5. The topological polar surface area (TPSA) is 84.9 Å². The average Bonchev–Trinajstić information content (AvgIpc) is 2.90. The molecule has 1 amide bonds. The van der Waals surface area contributed by atoms with Crippen LogP contribution in [-0.2, 0) is 14.8 Å². The summed E-state index contributed by atoms with van der Waals surface area (Å²) in [6.07, 6.45) is 2.38. The SMILES string of the molecule is CC[C@H](Oc1ccccc1)C(=O)Nc1cc(S(=O)(=O)N2CCCCC2)ccc1Oc1ccccc1. The molecular weight excluding hydrogens is 464 g/mol. The van der Waals surface area contributed by atoms with E-state index >= 15 is 0 Å². The first-order chi connectivity index (χ1) is 17.0. The number of rotatable bonds is 9. The standard InChI is InChI=1S/C27H30N2O5S/c1-2-25(33-21-12-6-3-7-13-21)27(30)28-24-20-23(35(31,32)29-18-10-5-11-19-29)16-17-26(24)34-22-14-8-4-9-15-22/h3-4,6-9,12-17,20,25H,2,5,10-11,18-19H2,1H3,(H,28,30)/t25-/m0/s1. The van der Waals surface area contributed by atoms with Crippen molar-refractivity contribution in [1.29, 1.82) is 0 Å². The molecule has 7 nitrogen and oxygen atoms in total. The van der Waals surface area contributed by atoms with Gasteiger partial charge in [-0.15, -0.1) is 0 Å². The summed E-state index contributed by atoms with van der Waals surface area (Å²) in [6, 6.07) is 22.8. The lowest BCUT2D eigenvalue weighted by Gasteiger charge is -2.26. The van der Waals surface area contributed by atoms with Crippen molar-refractivity contribution in [3.05, 3.63) is 78.9 Å². The van der Waals surface area contributed by atoms with Gasteiger partial charge in [0.2, 0.25) is 10.0 Å². The van der Waals surface area contributed by atoms with Gasteiger partial charge < -0.3 is 14.8 Å². The third kappa shape index (κ3) is 6.21. The molecule has 0 unspecified atom stereocenters. The fourth-order valence-electron chi connectivity index (χ4n) is 3.92. The van der Waals surface area contributed by atoms with Gasteiger partial charge in [-0.2, -0.15) is 4.31 Å². The van der Waals surface area contributed by atoms with E-state index in [1.807, 2.05) is 43.3 Å². The normalized spacial score (nSPS) is 15.2. The van der Waals surface area contributed by atoms with Gasteiger partial charge in [-0.05, 0) is 61.7 Å². The van der Waals surface area contributed by atoms with Gasteiger partial charge in [0, 0.05) is 13.1 Å². The van der Waals surface area contributed by atoms with Crippen LogP contribution in [0.25, 0.3) is 0 Å². The molecule has 1 saturated heterocycles. The summed E-state index contributed by atoms with van der Waals surface area (Å²) in [5, 5.41) is 2.85. The highest BCUT2D eigenvalue weighted by Gasteiger charge is 2.28. The largest absolute Gasteiger partial charge is 0.481 e. The molecule has 1 fully saturated rings. The molecular formula is C27H30N2O5S. The Morgan fingerprint density at radius 2 is 1.54 bits per heavy atom. The van der Waals surface area contributed by atoms with Gasteiger partial charge >= 0.3 is 0 Å². The number of nitrogens with zero attached hydrogens (tertiary/aromatic N) is 1. The van der Waals surface area contributed by atoms with E-state index in [1.165, 1.54) is 16.4 Å². The molecule has 0 spiro atoms. The van der Waals surface area contributed by atoms with Crippen LogP contribution in [0.1, 0.15) is 32.6 Å². The highest BCUT2D eigenvalue weighted by Crippen LogP contribution is 2.33. The average molecular weight is 495 g/mol. The number of carbonyl (C=O) groups excluding carboxylic acids is 1. The zero-order chi connectivity index (χ0) is 24.7. The molecule has 4 rings (SSSR count). The molecule has 1 aliphatic heterocycles. The minimum atomic E-state index is -3.69. The van der Waals surface area contributed by atoms with E-state index in [0.717, 1.165) is 19.3 Å². The van der Waals surface area contributed by atoms with Crippen molar-refractivity contribution < 1.29 is 22.7 Å². The van der Waals surface area contributed by atoms with E-state index in [9.17, 15) is 13.2 Å². The van der Waals surface area contributed by atoms with Gasteiger partial charge in [-0.3, -0.25) is 4.79 Å². The molecule has 0 radical (unpaired) electrons. The number of hydrogen-bond donors (Lipinski definition) is 1. The summed E-state index contributed by atoms with van der Waals surface area (Å²) in [6.45, 7) is 2.84. The Bertz CT molecular complexity index is 1230. The third-order valence-corrected chi connectivity index (χ3v) is 7.71. The molecule has 0 saturated carbocycles. The maximum absolute atomic E-state index is 13.3. The fourth-order valence-corrected chi connectivity index (χ4v) is 5.47. The molecule has 8 heteroatoms. The van der Waals surface area contributed by atoms with Crippen molar-refractivity contribution in [1.82, 2.24) is 4.31 Å². The Balaban J connectivity index is 1.63. The minimum Gasteiger partial charge on any atom is -0.481 e. The predicted octanol–water partition coefficient (Wildman–Crippen LogP) is 5.45. The smallest absolute Gasteiger partial charge is 0.265 e. The summed E-state index contributed by atoms with van der Waals surface area (Å²) >= 11 is 0. The number of benzene rings is 3. The number of para-hydroxylation sites is 2. The van der Waals surface area contributed by atoms with Gasteiger partial charge in [-0.25, -0.2) is 8.42 Å². The monoisotopic (exact) mass is 494 g/mol. The molecule has 1 heterocycles. The lowest BCUT2D eigenvalue weighted by atomic mass is 10.2. The Morgan fingerprint density at radius 3 is 2.17 bits per heavy atom. The molecule has 35 heavy (non-hydrogen) atoms. The Morgan fingerprint density at radius 1 is 0.914 bits per heavy atom. The van der Waals surface area contributed by atoms with E-state index in [0.29, 0.717) is 36.8 Å². The van der Waals surface area contributed by atoms with Crippen LogP contribution in [0.2, 0.25) is 0 Å². The molecule has 1 aliphatic rings. The van der Waals surface area contributed by atoms with E-state index in [-0.39, 0.29) is 16.5 Å². The first-order valence-corrected chi connectivity index (χ1v) is 13.3. The molecule has 0 aromatic heterocycles. The van der Waals surface area contributed by atoms with Crippen LogP contribution in [0, 0.1) is 0 Å². The van der Waals surface area contributed by atoms with Crippen LogP contribution in [0.5, 0.6) is 17.2 Å². The number of carbonyl (C=O) groups is 1. The third-order valence-electron chi connectivity index (χ3n) is 5.82. The lowest BCUT2D eigenvalue weighted by molar-refractivity contribution is -0.122. The van der Waals surface area contributed by atoms with E-state index in [2.05, 4.69) is 5.32 Å². The molecule has 3 aromatic rings. The van der Waals surface area contributed by atoms with Crippen LogP contribution >= 0.6 is 0 Å². The van der Waals surface area contributed by atoms with Crippen molar-refractivity contribution in [3.8, 4) is 17.2 Å². The van der Waals surface area contributed by atoms with Gasteiger partial charge in [0.25, 0.3) is 5.91 Å². The predicted molar refractivity (Wildman–Crippen MR) is 135 cm³/mol. The molecule has 3 aromatic carbocycles. The van der Waals surface area contributed by atoms with Crippen LogP contribution in [-0.4, -0.2) is 37.8 Å². The van der Waals surface area contributed by atoms with Crippen molar-refractivity contribution in [2.45, 2.75) is 43.6 Å². The Labute approximate surface area is 206 Å². The second-order valence-electron chi connectivity index (χ2n) is 8.35. The quantitative estimate of drug-likeness (QED) is 0.428. The summed E-state index contributed by atoms with van der Waals surface area (Å²) in [4.78, 5) is 13.3. The van der Waals surface area contributed by atoms with E-state index < -0.39 is 16.1 Å². The number of anilines is 1. The Kier molecular flexibility index (Phi) is 8.05. The zero-order valence-electron chi connectivity index (χ0n) is 19.7. The van der Waals surface area contributed by atoms with Crippen LogP contribution < -0.4 is 14.8 Å². The summed E-state index contributed by atoms with van der Waals surface area (Å²) in [7, 11) is -3.69. The highest BCUT2D eigenvalue weighted by molar-refractivity contribution is 7.89. The second kappa shape index (κ2) is 11.4. The molecule has 0 bridgehead atoms. The van der Waals surface area contributed by atoms with Crippen molar-refractivity contribution in [2.24, 2.45) is 0 Å². The molecule has 1 atom stereocenters. The van der Waals surface area contributed by atoms with Crippen LogP contribution in [0.4, 0.5) is 5.69 Å². The first-order valence-electron chi connectivity index (χ1n) is 11.9. The summed E-state index contributed by atoms with van der Waals surface area (Å²) in [5.74, 6) is 1.11. The van der Waals surface area contributed by atoms with Gasteiger partial charge in [0.15, 0.2) is 11.9 Å². The van der Waals surface area contributed by atoms with Crippen molar-refractivity contribution in [3.63, 3.8) is 0 Å². The molecule has 1 N–H and O–H groups in total. The van der Waals surface area contributed by atoms with Gasteiger partial charge in [0.05, 0.1) is 10.6 Å².